The molecule has 1 unspecified atom stereocenters. The van der Waals surface area contributed by atoms with E-state index in [2.05, 4.69) is 21.1 Å². The molecule has 0 amide bonds. The number of nitrogens with zero attached hydrogens (tertiary/aromatic N) is 1. The van der Waals surface area contributed by atoms with Gasteiger partial charge in [0.2, 0.25) is 0 Å². The number of carboxylic acids is 1. The lowest BCUT2D eigenvalue weighted by molar-refractivity contribution is -0.275. The molecule has 0 fully saturated rings. The molecule has 1 aliphatic rings. The molecule has 0 saturated heterocycles. The monoisotopic (exact) mass is 495 g/mol. The molecule has 1 atom stereocenters. The molecule has 1 N–H and O–H groups in total. The highest BCUT2D eigenvalue weighted by molar-refractivity contribution is 9.10. The molecule has 1 heterocycles. The zero-order valence-electron chi connectivity index (χ0n) is 14.1. The van der Waals surface area contributed by atoms with Crippen molar-refractivity contribution in [2.24, 2.45) is 5.16 Å². The van der Waals surface area contributed by atoms with E-state index in [0.29, 0.717) is 11.1 Å². The van der Waals surface area contributed by atoms with Crippen LogP contribution < -0.4 is 0 Å². The average molecular weight is 497 g/mol. The van der Waals surface area contributed by atoms with Crippen LogP contribution in [0.1, 0.15) is 33.5 Å². The van der Waals surface area contributed by atoms with E-state index in [0.717, 1.165) is 12.1 Å². The first-order chi connectivity index (χ1) is 12.9. The predicted octanol–water partition coefficient (Wildman–Crippen LogP) is 6.34. The molecular formula is C18H11BrCl2F3NO3. The summed E-state index contributed by atoms with van der Waals surface area (Å²) in [5, 5.41) is 13.0. The number of hydrogen-bond donors (Lipinski definition) is 1. The number of alkyl halides is 3. The minimum absolute atomic E-state index is 0.0203. The fourth-order valence-electron chi connectivity index (χ4n) is 3.03. The van der Waals surface area contributed by atoms with Gasteiger partial charge in [-0.15, -0.1) is 0 Å². The summed E-state index contributed by atoms with van der Waals surface area (Å²) in [5.74, 6) is -1.15. The third-order valence-electron chi connectivity index (χ3n) is 4.35. The van der Waals surface area contributed by atoms with Gasteiger partial charge in [-0.2, -0.15) is 13.2 Å². The van der Waals surface area contributed by atoms with Crippen LogP contribution in [-0.2, 0) is 10.4 Å². The van der Waals surface area contributed by atoms with E-state index < -0.39 is 24.2 Å². The third-order valence-corrected chi connectivity index (χ3v) is 5.41. The molecule has 28 heavy (non-hydrogen) atoms. The Hall–Kier alpha value is -1.77. The molecule has 0 aromatic heterocycles. The minimum atomic E-state index is -4.81. The average Bonchev–Trinajstić information content (AvgIpc) is 2.99. The van der Waals surface area contributed by atoms with E-state index in [4.69, 9.17) is 28.0 Å². The second kappa shape index (κ2) is 7.24. The molecule has 10 heteroatoms. The fourth-order valence-corrected chi connectivity index (χ4v) is 4.28. The van der Waals surface area contributed by atoms with Crippen LogP contribution in [0.3, 0.4) is 0 Å². The van der Waals surface area contributed by atoms with Gasteiger partial charge in [-0.1, -0.05) is 28.4 Å². The first-order valence-corrected chi connectivity index (χ1v) is 9.31. The van der Waals surface area contributed by atoms with Crippen LogP contribution in [0, 0.1) is 6.92 Å². The van der Waals surface area contributed by atoms with Crippen molar-refractivity contribution in [1.82, 2.24) is 0 Å². The van der Waals surface area contributed by atoms with E-state index in [-0.39, 0.29) is 31.4 Å². The second-order valence-corrected chi connectivity index (χ2v) is 7.97. The smallest absolute Gasteiger partial charge is 0.435 e. The van der Waals surface area contributed by atoms with Crippen molar-refractivity contribution < 1.29 is 27.9 Å². The molecule has 148 valence electrons. The van der Waals surface area contributed by atoms with Crippen molar-refractivity contribution in [1.29, 1.82) is 0 Å². The number of carbonyl (C=O) groups is 1. The summed E-state index contributed by atoms with van der Waals surface area (Å²) in [4.78, 5) is 16.2. The van der Waals surface area contributed by atoms with Crippen LogP contribution in [0.25, 0.3) is 0 Å². The molecule has 0 spiro atoms. The number of benzene rings is 2. The maximum Gasteiger partial charge on any atom is 0.435 e. The molecule has 2 aromatic carbocycles. The Labute approximate surface area is 176 Å². The van der Waals surface area contributed by atoms with Crippen LogP contribution in [0.2, 0.25) is 10.0 Å². The van der Waals surface area contributed by atoms with Gasteiger partial charge in [-0.25, -0.2) is 4.79 Å². The molecular weight excluding hydrogens is 486 g/mol. The van der Waals surface area contributed by atoms with Crippen molar-refractivity contribution in [3.8, 4) is 0 Å². The van der Waals surface area contributed by atoms with Crippen molar-refractivity contribution in [2.75, 3.05) is 0 Å². The number of carboxylic acid groups (broad SMARTS) is 1. The highest BCUT2D eigenvalue weighted by Gasteiger charge is 2.62. The zero-order valence-corrected chi connectivity index (χ0v) is 17.2. The van der Waals surface area contributed by atoms with Gasteiger partial charge in [0.1, 0.15) is 0 Å². The maximum atomic E-state index is 14.0. The highest BCUT2D eigenvalue weighted by atomic mass is 79.9. The normalized spacial score (nSPS) is 19.3. The molecule has 4 nitrogen and oxygen atoms in total. The third kappa shape index (κ3) is 3.60. The molecule has 0 aliphatic carbocycles. The lowest BCUT2D eigenvalue weighted by Crippen LogP contribution is -2.42. The van der Waals surface area contributed by atoms with Gasteiger partial charge in [-0.3, -0.25) is 0 Å². The van der Waals surface area contributed by atoms with Crippen molar-refractivity contribution in [3.05, 3.63) is 67.1 Å². The number of rotatable bonds is 3. The predicted molar refractivity (Wildman–Crippen MR) is 102 cm³/mol. The molecule has 0 bridgehead atoms. The first-order valence-electron chi connectivity index (χ1n) is 7.77. The number of aryl methyl sites for hydroxylation is 1. The SMILES string of the molecule is Cc1cc(C2=NOC(c3cc(Cl)cc(Cl)c3)(C(F)(F)F)C2)cc(Br)c1C(=O)O. The quantitative estimate of drug-likeness (QED) is 0.539. The van der Waals surface area contributed by atoms with Crippen LogP contribution in [0.4, 0.5) is 13.2 Å². The summed E-state index contributed by atoms with van der Waals surface area (Å²) in [7, 11) is 0. The maximum absolute atomic E-state index is 14.0. The Bertz CT molecular complexity index is 967. The van der Waals surface area contributed by atoms with Crippen LogP contribution in [-0.4, -0.2) is 23.0 Å². The van der Waals surface area contributed by atoms with Crippen LogP contribution >= 0.6 is 39.1 Å². The topological polar surface area (TPSA) is 58.9 Å². The van der Waals surface area contributed by atoms with E-state index in [1.807, 2.05) is 0 Å². The molecule has 2 aromatic rings. The number of oxime groups is 1. The minimum Gasteiger partial charge on any atom is -0.478 e. The lowest BCUT2D eigenvalue weighted by atomic mass is 9.86. The van der Waals surface area contributed by atoms with Crippen LogP contribution in [0.15, 0.2) is 40.0 Å². The van der Waals surface area contributed by atoms with Gasteiger partial charge in [0.25, 0.3) is 5.60 Å². The number of halogens is 6. The molecule has 0 saturated carbocycles. The zero-order chi connectivity index (χ0) is 20.9. The van der Waals surface area contributed by atoms with Crippen molar-refractivity contribution in [2.45, 2.75) is 25.1 Å². The van der Waals surface area contributed by atoms with Gasteiger partial charge >= 0.3 is 12.1 Å². The van der Waals surface area contributed by atoms with Gasteiger partial charge in [-0.05, 0) is 58.7 Å². The van der Waals surface area contributed by atoms with E-state index >= 15 is 0 Å². The van der Waals surface area contributed by atoms with Gasteiger partial charge in [0, 0.05) is 32.1 Å². The summed E-state index contributed by atoms with van der Waals surface area (Å²) >= 11 is 14.9. The summed E-state index contributed by atoms with van der Waals surface area (Å²) in [6.07, 6.45) is -5.43. The van der Waals surface area contributed by atoms with Crippen molar-refractivity contribution >= 4 is 50.8 Å². The Morgan fingerprint density at radius 1 is 1.21 bits per heavy atom. The number of aromatic carboxylic acids is 1. The van der Waals surface area contributed by atoms with E-state index in [9.17, 15) is 23.1 Å². The lowest BCUT2D eigenvalue weighted by Gasteiger charge is -2.29. The van der Waals surface area contributed by atoms with Gasteiger partial charge < -0.3 is 9.94 Å². The van der Waals surface area contributed by atoms with E-state index in [1.54, 1.807) is 6.92 Å². The largest absolute Gasteiger partial charge is 0.478 e. The van der Waals surface area contributed by atoms with E-state index in [1.165, 1.54) is 18.2 Å². The molecule has 0 radical (unpaired) electrons. The Kier molecular flexibility index (Phi) is 5.42. The summed E-state index contributed by atoms with van der Waals surface area (Å²) in [6.45, 7) is 1.54. The van der Waals surface area contributed by atoms with Crippen molar-refractivity contribution in [3.63, 3.8) is 0 Å². The first kappa shape index (κ1) is 21.0. The Balaban J connectivity index is 2.06. The van der Waals surface area contributed by atoms with Gasteiger partial charge in [0.15, 0.2) is 0 Å². The van der Waals surface area contributed by atoms with Gasteiger partial charge in [0.05, 0.1) is 11.3 Å². The Morgan fingerprint density at radius 3 is 2.32 bits per heavy atom. The summed E-state index contributed by atoms with van der Waals surface area (Å²) < 4.78 is 42.3. The van der Waals surface area contributed by atoms with Crippen LogP contribution in [0.5, 0.6) is 0 Å². The standard InChI is InChI=1S/C18H11BrCl2F3NO3/c1-8-2-9(3-13(19)15(8)16(26)27)14-7-17(28-25-14,18(22,23)24)10-4-11(20)6-12(21)5-10/h2-6H,7H2,1H3,(H,26,27). The fraction of sp³-hybridized carbons (Fsp3) is 0.222. The summed E-state index contributed by atoms with van der Waals surface area (Å²) in [5.41, 5.74) is -2.29. The molecule has 3 rings (SSSR count). The Morgan fingerprint density at radius 2 is 1.82 bits per heavy atom. The second-order valence-electron chi connectivity index (χ2n) is 6.24. The number of hydrogen-bond acceptors (Lipinski definition) is 3. The molecule has 1 aliphatic heterocycles. The highest BCUT2D eigenvalue weighted by Crippen LogP contribution is 2.49. The summed E-state index contributed by atoms with van der Waals surface area (Å²) in [6, 6.07) is 6.44.